The van der Waals surface area contributed by atoms with Gasteiger partial charge in [-0.05, 0) is 18.5 Å². The Hall–Kier alpha value is -1.97. The lowest BCUT2D eigenvalue weighted by Crippen LogP contribution is -2.29. The molecular formula is C24H32ClNO2. The zero-order chi connectivity index (χ0) is 20.1. The van der Waals surface area contributed by atoms with Crippen LogP contribution in [0.4, 0.5) is 0 Å². The number of ketones is 2. The SMILES string of the molecule is CC(C)(C)C(=O)c1ccc(CNCCC(C)(C)C(=O)c2ccccc2)cc1.Cl. The molecule has 4 heteroatoms. The summed E-state index contributed by atoms with van der Waals surface area (Å²) in [6.45, 7) is 11.3. The third kappa shape index (κ3) is 6.57. The van der Waals surface area contributed by atoms with E-state index in [1.165, 1.54) is 0 Å². The van der Waals surface area contributed by atoms with E-state index in [2.05, 4.69) is 5.32 Å². The first-order valence-electron chi connectivity index (χ1n) is 9.55. The highest BCUT2D eigenvalue weighted by atomic mass is 35.5. The van der Waals surface area contributed by atoms with Gasteiger partial charge in [-0.3, -0.25) is 9.59 Å². The molecule has 2 rings (SSSR count). The van der Waals surface area contributed by atoms with Crippen LogP contribution in [0.5, 0.6) is 0 Å². The molecule has 0 heterocycles. The van der Waals surface area contributed by atoms with Crippen LogP contribution < -0.4 is 5.32 Å². The Morgan fingerprint density at radius 1 is 0.786 bits per heavy atom. The lowest BCUT2D eigenvalue weighted by Gasteiger charge is -2.23. The van der Waals surface area contributed by atoms with E-state index >= 15 is 0 Å². The van der Waals surface area contributed by atoms with Crippen LogP contribution in [0.3, 0.4) is 0 Å². The Bertz CT molecular complexity index is 775. The topological polar surface area (TPSA) is 46.2 Å². The van der Waals surface area contributed by atoms with Crippen molar-refractivity contribution in [2.45, 2.75) is 47.6 Å². The summed E-state index contributed by atoms with van der Waals surface area (Å²) in [5.74, 6) is 0.332. The summed E-state index contributed by atoms with van der Waals surface area (Å²) < 4.78 is 0. The van der Waals surface area contributed by atoms with Crippen molar-refractivity contribution in [3.63, 3.8) is 0 Å². The number of carbonyl (C=O) groups is 2. The minimum absolute atomic E-state index is 0. The second kappa shape index (κ2) is 9.99. The van der Waals surface area contributed by atoms with E-state index in [-0.39, 0.29) is 29.4 Å². The summed E-state index contributed by atoms with van der Waals surface area (Å²) in [7, 11) is 0. The molecule has 0 unspecified atom stereocenters. The van der Waals surface area contributed by atoms with Crippen LogP contribution in [0, 0.1) is 10.8 Å². The van der Waals surface area contributed by atoms with Gasteiger partial charge in [0, 0.05) is 28.5 Å². The van der Waals surface area contributed by atoms with Crippen molar-refractivity contribution < 1.29 is 9.59 Å². The lowest BCUT2D eigenvalue weighted by molar-refractivity contribution is 0.0825. The second-order valence-corrected chi connectivity index (χ2v) is 8.78. The molecule has 2 aromatic rings. The maximum absolute atomic E-state index is 12.7. The largest absolute Gasteiger partial charge is 0.313 e. The van der Waals surface area contributed by atoms with Crippen molar-refractivity contribution >= 4 is 24.0 Å². The number of hydrogen-bond donors (Lipinski definition) is 1. The van der Waals surface area contributed by atoms with E-state index in [1.54, 1.807) is 0 Å². The van der Waals surface area contributed by atoms with Gasteiger partial charge < -0.3 is 5.32 Å². The maximum Gasteiger partial charge on any atom is 0.168 e. The van der Waals surface area contributed by atoms with Crippen molar-refractivity contribution in [3.8, 4) is 0 Å². The molecule has 0 aliphatic rings. The number of Topliss-reactive ketones (excluding diaryl/α,β-unsaturated/α-hetero) is 2. The molecule has 0 saturated carbocycles. The second-order valence-electron chi connectivity index (χ2n) is 8.78. The van der Waals surface area contributed by atoms with Gasteiger partial charge in [0.15, 0.2) is 11.6 Å². The van der Waals surface area contributed by atoms with Crippen LogP contribution in [-0.4, -0.2) is 18.1 Å². The van der Waals surface area contributed by atoms with Crippen molar-refractivity contribution in [1.29, 1.82) is 0 Å². The molecule has 1 N–H and O–H groups in total. The molecule has 0 bridgehead atoms. The highest BCUT2D eigenvalue weighted by molar-refractivity contribution is 6.00. The molecule has 3 nitrogen and oxygen atoms in total. The van der Waals surface area contributed by atoms with Crippen LogP contribution in [0.2, 0.25) is 0 Å². The number of carbonyl (C=O) groups excluding carboxylic acids is 2. The number of halogens is 1. The smallest absolute Gasteiger partial charge is 0.168 e. The number of rotatable bonds is 8. The van der Waals surface area contributed by atoms with E-state index in [4.69, 9.17) is 0 Å². The predicted octanol–water partition coefficient (Wildman–Crippen LogP) is 5.73. The lowest BCUT2D eigenvalue weighted by atomic mass is 9.81. The highest BCUT2D eigenvalue weighted by Crippen LogP contribution is 2.25. The fourth-order valence-corrected chi connectivity index (χ4v) is 2.93. The summed E-state index contributed by atoms with van der Waals surface area (Å²) in [5.41, 5.74) is 1.88. The number of hydrogen-bond acceptors (Lipinski definition) is 3. The summed E-state index contributed by atoms with van der Waals surface area (Å²) in [6.07, 6.45) is 0.765. The van der Waals surface area contributed by atoms with Gasteiger partial charge in [-0.25, -0.2) is 0 Å². The predicted molar refractivity (Wildman–Crippen MR) is 118 cm³/mol. The summed E-state index contributed by atoms with van der Waals surface area (Å²) >= 11 is 0. The first-order chi connectivity index (χ1) is 12.6. The first-order valence-corrected chi connectivity index (χ1v) is 9.55. The molecule has 0 aromatic heterocycles. The third-order valence-corrected chi connectivity index (χ3v) is 4.80. The molecule has 152 valence electrons. The number of nitrogens with one attached hydrogen (secondary N) is 1. The van der Waals surface area contributed by atoms with Crippen molar-refractivity contribution in [1.82, 2.24) is 5.32 Å². The first kappa shape index (κ1) is 24.1. The van der Waals surface area contributed by atoms with Crippen LogP contribution >= 0.6 is 12.4 Å². The fraction of sp³-hybridized carbons (Fsp3) is 0.417. The molecule has 0 amide bonds. The van der Waals surface area contributed by atoms with Crippen LogP contribution in [0.1, 0.15) is 67.3 Å². The standard InChI is InChI=1S/C24H31NO2.ClH/c1-23(2,3)21(26)20-13-11-18(12-14-20)17-25-16-15-24(4,5)22(27)19-9-7-6-8-10-19;/h6-14,25H,15-17H2,1-5H3;1H. The monoisotopic (exact) mass is 401 g/mol. The van der Waals surface area contributed by atoms with Gasteiger partial charge in [-0.2, -0.15) is 0 Å². The molecule has 0 fully saturated rings. The highest BCUT2D eigenvalue weighted by Gasteiger charge is 2.27. The number of benzene rings is 2. The maximum atomic E-state index is 12.7. The summed E-state index contributed by atoms with van der Waals surface area (Å²) in [5, 5.41) is 3.41. The Balaban J connectivity index is 0.00000392. The molecular weight excluding hydrogens is 370 g/mol. The molecule has 0 radical (unpaired) electrons. The zero-order valence-corrected chi connectivity index (χ0v) is 18.4. The Kier molecular flexibility index (Phi) is 8.59. The van der Waals surface area contributed by atoms with Crippen LogP contribution in [0.15, 0.2) is 54.6 Å². The van der Waals surface area contributed by atoms with Crippen LogP contribution in [0.25, 0.3) is 0 Å². The van der Waals surface area contributed by atoms with Gasteiger partial charge in [0.05, 0.1) is 0 Å². The van der Waals surface area contributed by atoms with Crippen LogP contribution in [-0.2, 0) is 6.54 Å². The van der Waals surface area contributed by atoms with Gasteiger partial charge in [0.1, 0.15) is 0 Å². The van der Waals surface area contributed by atoms with Gasteiger partial charge in [0.25, 0.3) is 0 Å². The molecule has 0 saturated heterocycles. The zero-order valence-electron chi connectivity index (χ0n) is 17.5. The van der Waals surface area contributed by atoms with E-state index in [9.17, 15) is 9.59 Å². The average Bonchev–Trinajstić information content (AvgIpc) is 2.64. The third-order valence-electron chi connectivity index (χ3n) is 4.80. The fourth-order valence-electron chi connectivity index (χ4n) is 2.93. The molecule has 0 atom stereocenters. The minimum Gasteiger partial charge on any atom is -0.313 e. The molecule has 0 aliphatic heterocycles. The molecule has 28 heavy (non-hydrogen) atoms. The summed E-state index contributed by atoms with van der Waals surface area (Å²) in [4.78, 5) is 24.9. The Morgan fingerprint density at radius 2 is 1.32 bits per heavy atom. The Morgan fingerprint density at radius 3 is 1.86 bits per heavy atom. The van der Waals surface area contributed by atoms with Gasteiger partial charge >= 0.3 is 0 Å². The van der Waals surface area contributed by atoms with E-state index < -0.39 is 5.41 Å². The molecule has 0 spiro atoms. The van der Waals surface area contributed by atoms with Crippen molar-refractivity contribution in [2.75, 3.05) is 6.54 Å². The van der Waals surface area contributed by atoms with Crippen molar-refractivity contribution in [2.24, 2.45) is 10.8 Å². The average molecular weight is 402 g/mol. The normalized spacial score (nSPS) is 11.6. The summed E-state index contributed by atoms with van der Waals surface area (Å²) in [6, 6.07) is 17.2. The van der Waals surface area contributed by atoms with E-state index in [0.29, 0.717) is 0 Å². The quantitative estimate of drug-likeness (QED) is 0.454. The van der Waals surface area contributed by atoms with Gasteiger partial charge in [0.2, 0.25) is 0 Å². The minimum atomic E-state index is -0.405. The van der Waals surface area contributed by atoms with Gasteiger partial charge in [-0.15, -0.1) is 12.4 Å². The van der Waals surface area contributed by atoms with E-state index in [0.717, 1.165) is 36.2 Å². The molecule has 2 aromatic carbocycles. The van der Waals surface area contributed by atoms with Gasteiger partial charge in [-0.1, -0.05) is 89.2 Å². The van der Waals surface area contributed by atoms with Crippen molar-refractivity contribution in [3.05, 3.63) is 71.3 Å². The van der Waals surface area contributed by atoms with E-state index in [1.807, 2.05) is 89.2 Å². The molecule has 0 aliphatic carbocycles. The Labute approximate surface area is 175 Å².